The molecule has 28 heavy (non-hydrogen) atoms. The van der Waals surface area contributed by atoms with Gasteiger partial charge in [0.05, 0.1) is 11.9 Å². The molecule has 4 rings (SSSR count). The molecule has 2 aromatic carbocycles. The van der Waals surface area contributed by atoms with Crippen LogP contribution in [0.2, 0.25) is 0 Å². The number of carbonyl (C=O) groups is 1. The molecule has 4 aromatic rings. The number of anilines is 1. The number of hydrogen-bond acceptors (Lipinski definition) is 4. The van der Waals surface area contributed by atoms with Gasteiger partial charge in [-0.25, -0.2) is 0 Å². The lowest BCUT2D eigenvalue weighted by Crippen LogP contribution is -2.14. The van der Waals surface area contributed by atoms with Crippen molar-refractivity contribution in [3.05, 3.63) is 76.7 Å². The average Bonchev–Trinajstić information content (AvgIpc) is 3.11. The molecule has 0 fully saturated rings. The Hall–Kier alpha value is -4.18. The summed E-state index contributed by atoms with van der Waals surface area (Å²) in [5.74, 6) is -0.192. The Morgan fingerprint density at radius 1 is 1.11 bits per heavy atom. The van der Waals surface area contributed by atoms with Gasteiger partial charge in [-0.3, -0.25) is 9.59 Å². The molecule has 0 saturated carbocycles. The largest absolute Gasteiger partial charge is 0.338 e. The molecule has 0 bridgehead atoms. The van der Waals surface area contributed by atoms with Gasteiger partial charge in [0.2, 0.25) is 5.91 Å². The Bertz CT molecular complexity index is 1300. The van der Waals surface area contributed by atoms with E-state index in [0.29, 0.717) is 22.6 Å². The van der Waals surface area contributed by atoms with E-state index in [-0.39, 0.29) is 17.0 Å². The van der Waals surface area contributed by atoms with Crippen LogP contribution in [0.5, 0.6) is 0 Å². The van der Waals surface area contributed by atoms with Crippen molar-refractivity contribution in [2.24, 2.45) is 0 Å². The van der Waals surface area contributed by atoms with Crippen LogP contribution in [0.15, 0.2) is 65.6 Å². The number of fused-ring (bicyclic) bond motifs is 1. The SMILES string of the molecule is CC(=O)Nc1cc(-c2ccccc2)cc(-c2cc(=O)n3ncc(C#N)c3[nH]2)c1. The summed E-state index contributed by atoms with van der Waals surface area (Å²) in [6.07, 6.45) is 1.35. The van der Waals surface area contributed by atoms with Crippen LogP contribution in [0.1, 0.15) is 12.5 Å². The van der Waals surface area contributed by atoms with Crippen molar-refractivity contribution in [1.82, 2.24) is 14.6 Å². The van der Waals surface area contributed by atoms with Crippen LogP contribution in [0.3, 0.4) is 0 Å². The topological polar surface area (TPSA) is 103 Å². The van der Waals surface area contributed by atoms with Crippen molar-refractivity contribution in [1.29, 1.82) is 5.26 Å². The zero-order valence-electron chi connectivity index (χ0n) is 14.9. The number of rotatable bonds is 3. The van der Waals surface area contributed by atoms with Crippen LogP contribution in [-0.2, 0) is 4.79 Å². The van der Waals surface area contributed by atoms with Crippen molar-refractivity contribution < 1.29 is 4.79 Å². The summed E-state index contributed by atoms with van der Waals surface area (Å²) in [5.41, 5.74) is 3.96. The number of benzene rings is 2. The van der Waals surface area contributed by atoms with E-state index in [1.54, 1.807) is 6.07 Å². The molecule has 2 heterocycles. The highest BCUT2D eigenvalue weighted by molar-refractivity contribution is 5.91. The molecule has 0 unspecified atom stereocenters. The fourth-order valence-corrected chi connectivity index (χ4v) is 3.08. The van der Waals surface area contributed by atoms with Gasteiger partial charge in [-0.05, 0) is 29.3 Å². The number of H-pyrrole nitrogens is 1. The standard InChI is InChI=1S/C21H15N5O2/c1-13(27)24-18-8-15(14-5-3-2-4-6-14)7-16(9-18)19-10-20(28)26-21(25-19)17(11-22)12-23-26/h2-10,12,25H,1H3,(H,24,27). The summed E-state index contributed by atoms with van der Waals surface area (Å²) in [7, 11) is 0. The lowest BCUT2D eigenvalue weighted by molar-refractivity contribution is -0.114. The number of amides is 1. The molecule has 7 nitrogen and oxygen atoms in total. The molecule has 0 aliphatic carbocycles. The number of aromatic nitrogens is 3. The highest BCUT2D eigenvalue weighted by atomic mass is 16.1. The van der Waals surface area contributed by atoms with Crippen LogP contribution >= 0.6 is 0 Å². The lowest BCUT2D eigenvalue weighted by Gasteiger charge is -2.11. The molecule has 2 aromatic heterocycles. The van der Waals surface area contributed by atoms with Crippen molar-refractivity contribution in [2.45, 2.75) is 6.92 Å². The van der Waals surface area contributed by atoms with Crippen LogP contribution < -0.4 is 10.9 Å². The van der Waals surface area contributed by atoms with Gasteiger partial charge in [-0.2, -0.15) is 14.9 Å². The van der Waals surface area contributed by atoms with Crippen LogP contribution in [0.4, 0.5) is 5.69 Å². The quantitative estimate of drug-likeness (QED) is 0.579. The van der Waals surface area contributed by atoms with Gasteiger partial charge in [0.1, 0.15) is 11.6 Å². The molecule has 0 aliphatic rings. The summed E-state index contributed by atoms with van der Waals surface area (Å²) in [5, 5.41) is 16.0. The minimum atomic E-state index is -0.351. The predicted octanol–water partition coefficient (Wildman–Crippen LogP) is 3.19. The smallest absolute Gasteiger partial charge is 0.274 e. The fraction of sp³-hybridized carbons (Fsp3) is 0.0476. The van der Waals surface area contributed by atoms with Gasteiger partial charge >= 0.3 is 0 Å². The normalized spacial score (nSPS) is 10.6. The molecule has 0 radical (unpaired) electrons. The predicted molar refractivity (Wildman–Crippen MR) is 106 cm³/mol. The van der Waals surface area contributed by atoms with Gasteiger partial charge in [-0.15, -0.1) is 0 Å². The Labute approximate surface area is 159 Å². The Balaban J connectivity index is 1.94. The fourth-order valence-electron chi connectivity index (χ4n) is 3.08. The van der Waals surface area contributed by atoms with E-state index >= 15 is 0 Å². The van der Waals surface area contributed by atoms with E-state index in [2.05, 4.69) is 15.4 Å². The second-order valence-corrected chi connectivity index (χ2v) is 6.30. The van der Waals surface area contributed by atoms with E-state index in [4.69, 9.17) is 0 Å². The van der Waals surface area contributed by atoms with Crippen molar-refractivity contribution in [3.8, 4) is 28.5 Å². The van der Waals surface area contributed by atoms with Gasteiger partial charge in [0, 0.05) is 24.2 Å². The summed E-state index contributed by atoms with van der Waals surface area (Å²) in [6.45, 7) is 1.44. The average molecular weight is 369 g/mol. The maximum absolute atomic E-state index is 12.4. The minimum absolute atomic E-state index is 0.192. The molecule has 0 spiro atoms. The van der Waals surface area contributed by atoms with Crippen LogP contribution in [0.25, 0.3) is 28.0 Å². The molecule has 0 saturated heterocycles. The molecule has 7 heteroatoms. The van der Waals surface area contributed by atoms with E-state index < -0.39 is 0 Å². The van der Waals surface area contributed by atoms with Gasteiger partial charge < -0.3 is 10.3 Å². The third-order valence-electron chi connectivity index (χ3n) is 4.29. The number of nitriles is 1. The zero-order valence-corrected chi connectivity index (χ0v) is 14.9. The van der Waals surface area contributed by atoms with Crippen molar-refractivity contribution in [3.63, 3.8) is 0 Å². The first-order chi connectivity index (χ1) is 13.5. The molecule has 2 N–H and O–H groups in total. The number of hydrogen-bond donors (Lipinski definition) is 2. The van der Waals surface area contributed by atoms with Crippen LogP contribution in [0, 0.1) is 11.3 Å². The monoisotopic (exact) mass is 369 g/mol. The second kappa shape index (κ2) is 6.85. The van der Waals surface area contributed by atoms with Gasteiger partial charge in [0.25, 0.3) is 5.56 Å². The molecular formula is C21H15N5O2. The number of carbonyl (C=O) groups excluding carboxylic acids is 1. The summed E-state index contributed by atoms with van der Waals surface area (Å²) >= 11 is 0. The third kappa shape index (κ3) is 3.15. The maximum atomic E-state index is 12.4. The Morgan fingerprint density at radius 3 is 2.57 bits per heavy atom. The summed E-state index contributed by atoms with van der Waals surface area (Å²) in [6, 6.07) is 18.7. The lowest BCUT2D eigenvalue weighted by atomic mass is 10.0. The molecule has 0 aliphatic heterocycles. The van der Waals surface area contributed by atoms with E-state index in [0.717, 1.165) is 15.6 Å². The first-order valence-corrected chi connectivity index (χ1v) is 8.55. The third-order valence-corrected chi connectivity index (χ3v) is 4.29. The highest BCUT2D eigenvalue weighted by Crippen LogP contribution is 2.29. The first kappa shape index (κ1) is 17.2. The van der Waals surface area contributed by atoms with E-state index in [1.807, 2.05) is 48.5 Å². The van der Waals surface area contributed by atoms with Gasteiger partial charge in [-0.1, -0.05) is 30.3 Å². The molecular weight excluding hydrogens is 354 g/mol. The van der Waals surface area contributed by atoms with Crippen molar-refractivity contribution >= 4 is 17.2 Å². The molecule has 0 atom stereocenters. The molecule has 136 valence electrons. The summed E-state index contributed by atoms with van der Waals surface area (Å²) < 4.78 is 1.15. The zero-order chi connectivity index (χ0) is 19.7. The highest BCUT2D eigenvalue weighted by Gasteiger charge is 2.12. The van der Waals surface area contributed by atoms with E-state index in [1.165, 1.54) is 19.2 Å². The Kier molecular flexibility index (Phi) is 4.22. The number of nitrogens with one attached hydrogen (secondary N) is 2. The molecule has 1 amide bonds. The summed E-state index contributed by atoms with van der Waals surface area (Å²) in [4.78, 5) is 27.1. The minimum Gasteiger partial charge on any atom is -0.338 e. The number of aromatic amines is 1. The maximum Gasteiger partial charge on any atom is 0.274 e. The van der Waals surface area contributed by atoms with Crippen LogP contribution in [-0.4, -0.2) is 20.5 Å². The second-order valence-electron chi connectivity index (χ2n) is 6.30. The number of nitrogens with zero attached hydrogens (tertiary/aromatic N) is 3. The van der Waals surface area contributed by atoms with E-state index in [9.17, 15) is 14.9 Å². The first-order valence-electron chi connectivity index (χ1n) is 8.55. The van der Waals surface area contributed by atoms with Gasteiger partial charge in [0.15, 0.2) is 5.65 Å². The Morgan fingerprint density at radius 2 is 1.86 bits per heavy atom. The van der Waals surface area contributed by atoms with Crippen molar-refractivity contribution in [2.75, 3.05) is 5.32 Å².